The van der Waals surface area contributed by atoms with E-state index in [1.807, 2.05) is 26.0 Å². The number of halogens is 1. The molecule has 6 rings (SSSR count). The SMILES string of the molecule is Cc1cc(C)cc(ONC(=O)[C@@]23C[C@H]2C(C)CCCCCC[C@H](NC(=O)OC(C)(C)C)C(=O)N2C[C@H](OC(=O)N4CC5=C(C4)C(F)CC=C5)C[C@H]2C(=O)N3)c1. The number of nitrogens with zero attached hydrogens (tertiary/aromatic N) is 2. The molecule has 2 aliphatic carbocycles. The molecule has 3 fully saturated rings. The number of hydrogen-bond donors (Lipinski definition) is 3. The van der Waals surface area contributed by atoms with Crippen LogP contribution in [-0.4, -0.2) is 94.8 Å². The lowest BCUT2D eigenvalue weighted by Gasteiger charge is -2.30. The van der Waals surface area contributed by atoms with E-state index in [2.05, 4.69) is 23.0 Å². The number of hydroxylamine groups is 1. The van der Waals surface area contributed by atoms with E-state index in [4.69, 9.17) is 14.3 Å². The van der Waals surface area contributed by atoms with Gasteiger partial charge in [0.2, 0.25) is 11.8 Å². The van der Waals surface area contributed by atoms with Crippen molar-refractivity contribution in [3.8, 4) is 5.75 Å². The first-order valence-electron chi connectivity index (χ1n) is 19.7. The van der Waals surface area contributed by atoms with Crippen LogP contribution in [0.2, 0.25) is 0 Å². The number of fused-ring (bicyclic) bond motifs is 2. The Balaban J connectivity index is 1.24. The Kier molecular flexibility index (Phi) is 11.8. The van der Waals surface area contributed by atoms with Crippen molar-refractivity contribution in [3.05, 3.63) is 52.6 Å². The van der Waals surface area contributed by atoms with Gasteiger partial charge in [-0.25, -0.2) is 14.0 Å². The lowest BCUT2D eigenvalue weighted by molar-refractivity contribution is -0.142. The summed E-state index contributed by atoms with van der Waals surface area (Å²) >= 11 is 0. The van der Waals surface area contributed by atoms with Gasteiger partial charge >= 0.3 is 12.2 Å². The number of alkyl halides is 1. The van der Waals surface area contributed by atoms with Crippen LogP contribution in [0, 0.1) is 25.7 Å². The zero-order valence-electron chi connectivity index (χ0n) is 32.9. The molecule has 0 spiro atoms. The van der Waals surface area contributed by atoms with Crippen LogP contribution < -0.4 is 21.0 Å². The van der Waals surface area contributed by atoms with Crippen molar-refractivity contribution in [3.63, 3.8) is 0 Å². The number of carbonyl (C=O) groups excluding carboxylic acids is 5. The highest BCUT2D eigenvalue weighted by Gasteiger charge is 2.64. The second kappa shape index (κ2) is 16.2. The third kappa shape index (κ3) is 9.44. The molecule has 3 heterocycles. The highest BCUT2D eigenvalue weighted by Crippen LogP contribution is 2.50. The molecule has 2 saturated heterocycles. The average Bonchev–Trinajstić information content (AvgIpc) is 3.42. The van der Waals surface area contributed by atoms with Gasteiger partial charge < -0.3 is 29.8 Å². The fourth-order valence-electron chi connectivity index (χ4n) is 8.53. The largest absolute Gasteiger partial charge is 0.444 e. The molecule has 0 aromatic heterocycles. The van der Waals surface area contributed by atoms with Crippen molar-refractivity contribution in [2.24, 2.45) is 11.8 Å². The monoisotopic (exact) mass is 765 g/mol. The first-order valence-corrected chi connectivity index (χ1v) is 19.7. The standard InChI is InChI=1S/C41H56FN5O8/c1-24-16-25(2)18-28(17-24)55-45-37(50)41-20-31(41)26(3)12-9-7-8-10-15-33(43-38(51)54-40(4,5)6)36(49)47-22-29(19-34(47)35(48)44-41)53-39(52)46-21-27-13-11-14-32(42)30(27)23-46/h11,13,16-18,26,29,31-34H,7-10,12,14-15,19-23H2,1-6H3,(H,43,51)(H,44,48)(H,45,50)/t26?,29-,31+,32?,33+,34+,41-/m1/s1. The van der Waals surface area contributed by atoms with E-state index in [0.29, 0.717) is 30.6 Å². The molecular weight excluding hydrogens is 709 g/mol. The smallest absolute Gasteiger partial charge is 0.410 e. The number of carbonyl (C=O) groups is 5. The zero-order chi connectivity index (χ0) is 39.7. The van der Waals surface area contributed by atoms with E-state index in [-0.39, 0.29) is 44.3 Å². The highest BCUT2D eigenvalue weighted by molar-refractivity contribution is 5.98. The molecule has 2 unspecified atom stereocenters. The molecule has 14 heteroatoms. The van der Waals surface area contributed by atoms with E-state index >= 15 is 0 Å². The minimum absolute atomic E-state index is 0.0356. The van der Waals surface area contributed by atoms with Crippen molar-refractivity contribution in [2.75, 3.05) is 19.6 Å². The fraction of sp³-hybridized carbons (Fsp3) is 0.634. The number of allylic oxidation sites excluding steroid dienone is 1. The molecular formula is C41H56FN5O8. The number of hydrogen-bond acceptors (Lipinski definition) is 8. The summed E-state index contributed by atoms with van der Waals surface area (Å²) in [4.78, 5) is 77.9. The molecule has 1 aromatic rings. The van der Waals surface area contributed by atoms with Crippen molar-refractivity contribution in [1.82, 2.24) is 25.9 Å². The van der Waals surface area contributed by atoms with Gasteiger partial charge in [0.25, 0.3) is 5.91 Å². The molecule has 13 nitrogen and oxygen atoms in total. The molecule has 0 radical (unpaired) electrons. The molecule has 3 aliphatic heterocycles. The topological polar surface area (TPSA) is 156 Å². The van der Waals surface area contributed by atoms with Gasteiger partial charge in [-0.3, -0.25) is 19.3 Å². The maximum Gasteiger partial charge on any atom is 0.410 e. The Morgan fingerprint density at radius 3 is 2.40 bits per heavy atom. The molecule has 7 atom stereocenters. The Bertz CT molecular complexity index is 1720. The van der Waals surface area contributed by atoms with Crippen molar-refractivity contribution >= 4 is 29.9 Å². The van der Waals surface area contributed by atoms with Crippen LogP contribution in [0.5, 0.6) is 5.75 Å². The lowest BCUT2D eigenvalue weighted by atomic mass is 9.94. The predicted octanol–water partition coefficient (Wildman–Crippen LogP) is 5.49. The van der Waals surface area contributed by atoms with Crippen LogP contribution in [-0.2, 0) is 23.9 Å². The second-order valence-electron chi connectivity index (χ2n) is 17.1. The third-order valence-corrected chi connectivity index (χ3v) is 11.4. The Morgan fingerprint density at radius 2 is 1.71 bits per heavy atom. The molecule has 3 N–H and O–H groups in total. The number of nitrogens with one attached hydrogen (secondary N) is 3. The van der Waals surface area contributed by atoms with Gasteiger partial charge in [0.15, 0.2) is 5.75 Å². The summed E-state index contributed by atoms with van der Waals surface area (Å²) in [6.45, 7) is 11.3. The number of amides is 5. The number of benzene rings is 1. The van der Waals surface area contributed by atoms with Gasteiger partial charge in [-0.05, 0) is 93.7 Å². The fourth-order valence-corrected chi connectivity index (χ4v) is 8.53. The minimum Gasteiger partial charge on any atom is -0.444 e. The van der Waals surface area contributed by atoms with Crippen molar-refractivity contribution in [2.45, 2.75) is 135 Å². The summed E-state index contributed by atoms with van der Waals surface area (Å²) in [6.07, 6.45) is 5.13. The first kappa shape index (κ1) is 40.1. The summed E-state index contributed by atoms with van der Waals surface area (Å²) in [5, 5.41) is 5.77. The number of ether oxygens (including phenoxy) is 2. The lowest BCUT2D eigenvalue weighted by Crippen LogP contribution is -2.58. The normalized spacial score (nSPS) is 29.9. The van der Waals surface area contributed by atoms with E-state index < -0.39 is 65.4 Å². The van der Waals surface area contributed by atoms with Gasteiger partial charge in [0, 0.05) is 25.9 Å². The van der Waals surface area contributed by atoms with Crippen LogP contribution in [0.15, 0.2) is 41.5 Å². The Hall–Kier alpha value is -4.62. The quantitative estimate of drug-likeness (QED) is 0.333. The van der Waals surface area contributed by atoms with Gasteiger partial charge in [0.05, 0.1) is 6.54 Å². The van der Waals surface area contributed by atoms with Crippen LogP contribution in [0.3, 0.4) is 0 Å². The summed E-state index contributed by atoms with van der Waals surface area (Å²) in [6, 6.07) is 3.47. The zero-order valence-corrected chi connectivity index (χ0v) is 32.9. The number of aryl methyl sites for hydroxylation is 2. The van der Waals surface area contributed by atoms with E-state index in [1.54, 1.807) is 39.0 Å². The molecule has 55 heavy (non-hydrogen) atoms. The van der Waals surface area contributed by atoms with Crippen LogP contribution in [0.1, 0.15) is 96.6 Å². The highest BCUT2D eigenvalue weighted by atomic mass is 19.1. The van der Waals surface area contributed by atoms with Crippen LogP contribution in [0.25, 0.3) is 0 Å². The molecule has 5 aliphatic rings. The average molecular weight is 766 g/mol. The third-order valence-electron chi connectivity index (χ3n) is 11.4. The minimum atomic E-state index is -1.29. The first-order chi connectivity index (χ1) is 26.0. The maximum absolute atomic E-state index is 14.6. The Morgan fingerprint density at radius 1 is 1.00 bits per heavy atom. The summed E-state index contributed by atoms with van der Waals surface area (Å²) in [5.74, 6) is -1.18. The maximum atomic E-state index is 14.6. The molecule has 5 amide bonds. The molecule has 1 aromatic carbocycles. The summed E-state index contributed by atoms with van der Waals surface area (Å²) in [5.41, 5.74) is 3.73. The second-order valence-corrected chi connectivity index (χ2v) is 17.1. The number of alkyl carbamates (subject to hydrolysis) is 1. The summed E-state index contributed by atoms with van der Waals surface area (Å²) in [7, 11) is 0. The van der Waals surface area contributed by atoms with Crippen LogP contribution >= 0.6 is 0 Å². The van der Waals surface area contributed by atoms with Gasteiger partial charge in [-0.1, -0.05) is 57.2 Å². The van der Waals surface area contributed by atoms with E-state index in [1.165, 1.54) is 9.80 Å². The number of rotatable bonds is 5. The van der Waals surface area contributed by atoms with Crippen molar-refractivity contribution in [1.29, 1.82) is 0 Å². The van der Waals surface area contributed by atoms with E-state index in [9.17, 15) is 28.4 Å². The van der Waals surface area contributed by atoms with Crippen molar-refractivity contribution < 1.29 is 42.7 Å². The van der Waals surface area contributed by atoms with E-state index in [0.717, 1.165) is 42.4 Å². The van der Waals surface area contributed by atoms with Gasteiger partial charge in [-0.15, -0.1) is 0 Å². The molecule has 0 bridgehead atoms. The molecule has 1 saturated carbocycles. The molecule has 300 valence electrons. The predicted molar refractivity (Wildman–Crippen MR) is 201 cm³/mol. The van der Waals surface area contributed by atoms with Crippen LogP contribution in [0.4, 0.5) is 14.0 Å². The van der Waals surface area contributed by atoms with Gasteiger partial charge in [-0.2, -0.15) is 5.48 Å². The Labute approximate surface area is 322 Å². The van der Waals surface area contributed by atoms with Gasteiger partial charge in [0.1, 0.15) is 35.5 Å². The summed E-state index contributed by atoms with van der Waals surface area (Å²) < 4.78 is 26.0.